The van der Waals surface area contributed by atoms with Crippen molar-refractivity contribution >= 4 is 11.9 Å². The van der Waals surface area contributed by atoms with Crippen molar-refractivity contribution in [1.29, 1.82) is 0 Å². The summed E-state index contributed by atoms with van der Waals surface area (Å²) in [6, 6.07) is 18.2. The third-order valence-electron chi connectivity index (χ3n) is 3.53. The standard InChI is InChI=1S/C19H17N3/c1-2-14-8-10-16(11-9-14)18-13-21-19(20)17(22-18)12-15-6-4-3-5-7-15/h2-11,13H,1,12H2,(H2,20,21). The second kappa shape index (κ2) is 6.22. The normalized spacial score (nSPS) is 10.4. The van der Waals surface area contributed by atoms with Gasteiger partial charge in [-0.25, -0.2) is 9.97 Å². The Labute approximate surface area is 130 Å². The van der Waals surface area contributed by atoms with E-state index in [-0.39, 0.29) is 0 Å². The van der Waals surface area contributed by atoms with Gasteiger partial charge in [-0.3, -0.25) is 0 Å². The molecule has 0 saturated carbocycles. The molecule has 22 heavy (non-hydrogen) atoms. The van der Waals surface area contributed by atoms with Gasteiger partial charge in [0, 0.05) is 12.0 Å². The van der Waals surface area contributed by atoms with E-state index in [0.717, 1.165) is 22.5 Å². The van der Waals surface area contributed by atoms with Crippen LogP contribution in [0, 0.1) is 0 Å². The minimum Gasteiger partial charge on any atom is -0.382 e. The van der Waals surface area contributed by atoms with Gasteiger partial charge in [0.1, 0.15) is 5.82 Å². The van der Waals surface area contributed by atoms with Crippen LogP contribution in [0.2, 0.25) is 0 Å². The molecule has 0 atom stereocenters. The second-order valence-corrected chi connectivity index (χ2v) is 5.08. The summed E-state index contributed by atoms with van der Waals surface area (Å²) >= 11 is 0. The van der Waals surface area contributed by atoms with E-state index in [2.05, 4.69) is 28.7 Å². The first-order valence-electron chi connectivity index (χ1n) is 7.14. The smallest absolute Gasteiger partial charge is 0.145 e. The minimum absolute atomic E-state index is 0.482. The minimum atomic E-state index is 0.482. The third kappa shape index (κ3) is 3.04. The second-order valence-electron chi connectivity index (χ2n) is 5.08. The summed E-state index contributed by atoms with van der Waals surface area (Å²) in [6.07, 6.45) is 4.21. The van der Waals surface area contributed by atoms with Crippen molar-refractivity contribution in [2.75, 3.05) is 5.73 Å². The zero-order valence-electron chi connectivity index (χ0n) is 12.2. The molecule has 0 aliphatic rings. The molecule has 1 heterocycles. The lowest BCUT2D eigenvalue weighted by Gasteiger charge is -2.08. The van der Waals surface area contributed by atoms with Gasteiger partial charge in [0.25, 0.3) is 0 Å². The van der Waals surface area contributed by atoms with Gasteiger partial charge in [-0.1, -0.05) is 67.3 Å². The number of nitrogens with zero attached hydrogens (tertiary/aromatic N) is 2. The van der Waals surface area contributed by atoms with Crippen LogP contribution in [-0.2, 0) is 6.42 Å². The molecule has 0 saturated heterocycles. The van der Waals surface area contributed by atoms with Crippen LogP contribution in [0.15, 0.2) is 67.4 Å². The van der Waals surface area contributed by atoms with Gasteiger partial charge in [0.2, 0.25) is 0 Å². The number of nitrogen functional groups attached to an aromatic ring is 1. The van der Waals surface area contributed by atoms with Crippen LogP contribution in [0.3, 0.4) is 0 Å². The van der Waals surface area contributed by atoms with Crippen molar-refractivity contribution < 1.29 is 0 Å². The molecule has 3 heteroatoms. The fourth-order valence-electron chi connectivity index (χ4n) is 2.29. The summed E-state index contributed by atoms with van der Waals surface area (Å²) in [4.78, 5) is 8.97. The number of aromatic nitrogens is 2. The van der Waals surface area contributed by atoms with Crippen LogP contribution in [0.25, 0.3) is 17.3 Å². The van der Waals surface area contributed by atoms with E-state index in [1.54, 1.807) is 6.20 Å². The molecule has 0 amide bonds. The van der Waals surface area contributed by atoms with Crippen molar-refractivity contribution in [2.45, 2.75) is 6.42 Å². The van der Waals surface area contributed by atoms with E-state index < -0.39 is 0 Å². The lowest BCUT2D eigenvalue weighted by atomic mass is 10.1. The molecular formula is C19H17N3. The molecule has 108 valence electrons. The maximum absolute atomic E-state index is 5.97. The molecule has 0 unspecified atom stereocenters. The third-order valence-corrected chi connectivity index (χ3v) is 3.53. The Kier molecular flexibility index (Phi) is 3.97. The lowest BCUT2D eigenvalue weighted by Crippen LogP contribution is -2.03. The molecule has 0 aliphatic carbocycles. The van der Waals surface area contributed by atoms with E-state index in [1.165, 1.54) is 5.56 Å². The summed E-state index contributed by atoms with van der Waals surface area (Å²) < 4.78 is 0. The van der Waals surface area contributed by atoms with E-state index in [0.29, 0.717) is 12.2 Å². The van der Waals surface area contributed by atoms with Gasteiger partial charge in [0.05, 0.1) is 17.6 Å². The highest BCUT2D eigenvalue weighted by Crippen LogP contribution is 2.21. The maximum atomic E-state index is 5.97. The Morgan fingerprint density at radius 1 is 1.00 bits per heavy atom. The van der Waals surface area contributed by atoms with Gasteiger partial charge in [-0.15, -0.1) is 0 Å². The van der Waals surface area contributed by atoms with Crippen LogP contribution in [0.1, 0.15) is 16.8 Å². The SMILES string of the molecule is C=Cc1ccc(-c2cnc(N)c(Cc3ccccc3)n2)cc1. The van der Waals surface area contributed by atoms with E-state index in [9.17, 15) is 0 Å². The van der Waals surface area contributed by atoms with E-state index in [1.807, 2.05) is 48.5 Å². The molecule has 2 N–H and O–H groups in total. The van der Waals surface area contributed by atoms with Gasteiger partial charge in [-0.2, -0.15) is 0 Å². The summed E-state index contributed by atoms with van der Waals surface area (Å²) in [5.74, 6) is 0.482. The van der Waals surface area contributed by atoms with Crippen LogP contribution < -0.4 is 5.73 Å². The zero-order chi connectivity index (χ0) is 15.4. The molecule has 3 rings (SSSR count). The average Bonchev–Trinajstić information content (AvgIpc) is 2.58. The first-order valence-corrected chi connectivity index (χ1v) is 7.14. The first-order chi connectivity index (χ1) is 10.8. The molecule has 0 fully saturated rings. The highest BCUT2D eigenvalue weighted by molar-refractivity contribution is 5.62. The van der Waals surface area contributed by atoms with Crippen molar-refractivity contribution in [3.63, 3.8) is 0 Å². The monoisotopic (exact) mass is 287 g/mol. The molecule has 0 spiro atoms. The summed E-state index contributed by atoms with van der Waals surface area (Å²) in [7, 11) is 0. The van der Waals surface area contributed by atoms with Crippen LogP contribution in [-0.4, -0.2) is 9.97 Å². The Balaban J connectivity index is 1.93. The van der Waals surface area contributed by atoms with Gasteiger partial charge in [-0.05, 0) is 11.1 Å². The van der Waals surface area contributed by atoms with Crippen LogP contribution >= 0.6 is 0 Å². The molecular weight excluding hydrogens is 270 g/mol. The molecule has 0 aliphatic heterocycles. The Morgan fingerprint density at radius 2 is 1.73 bits per heavy atom. The average molecular weight is 287 g/mol. The Morgan fingerprint density at radius 3 is 2.41 bits per heavy atom. The predicted molar refractivity (Wildman–Crippen MR) is 91.2 cm³/mol. The summed E-state index contributed by atoms with van der Waals surface area (Å²) in [5.41, 5.74) is 10.9. The van der Waals surface area contributed by atoms with Crippen LogP contribution in [0.5, 0.6) is 0 Å². The molecule has 0 bridgehead atoms. The Bertz CT molecular complexity index is 778. The van der Waals surface area contributed by atoms with Crippen molar-refractivity contribution in [1.82, 2.24) is 9.97 Å². The van der Waals surface area contributed by atoms with Gasteiger partial charge >= 0.3 is 0 Å². The highest BCUT2D eigenvalue weighted by Gasteiger charge is 2.07. The Hall–Kier alpha value is -2.94. The predicted octanol–water partition coefficient (Wildman–Crippen LogP) is 3.96. The largest absolute Gasteiger partial charge is 0.382 e. The number of anilines is 1. The molecule has 2 aromatic carbocycles. The molecule has 3 aromatic rings. The lowest BCUT2D eigenvalue weighted by molar-refractivity contribution is 1.05. The number of nitrogens with two attached hydrogens (primary N) is 1. The van der Waals surface area contributed by atoms with Crippen molar-refractivity contribution in [3.05, 3.63) is 84.2 Å². The van der Waals surface area contributed by atoms with Gasteiger partial charge in [0.15, 0.2) is 0 Å². The number of hydrogen-bond donors (Lipinski definition) is 1. The molecule has 3 nitrogen and oxygen atoms in total. The zero-order valence-corrected chi connectivity index (χ0v) is 12.2. The fraction of sp³-hybridized carbons (Fsp3) is 0.0526. The summed E-state index contributed by atoms with van der Waals surface area (Å²) in [6.45, 7) is 3.76. The number of benzene rings is 2. The molecule has 1 aromatic heterocycles. The van der Waals surface area contributed by atoms with E-state index >= 15 is 0 Å². The van der Waals surface area contributed by atoms with Crippen molar-refractivity contribution in [2.24, 2.45) is 0 Å². The fourth-order valence-corrected chi connectivity index (χ4v) is 2.29. The van der Waals surface area contributed by atoms with Gasteiger partial charge < -0.3 is 5.73 Å². The quantitative estimate of drug-likeness (QED) is 0.790. The number of rotatable bonds is 4. The maximum Gasteiger partial charge on any atom is 0.145 e. The van der Waals surface area contributed by atoms with E-state index in [4.69, 9.17) is 5.73 Å². The van der Waals surface area contributed by atoms with Crippen molar-refractivity contribution in [3.8, 4) is 11.3 Å². The topological polar surface area (TPSA) is 51.8 Å². The summed E-state index contributed by atoms with van der Waals surface area (Å²) in [5, 5.41) is 0. The number of hydrogen-bond acceptors (Lipinski definition) is 3. The first kappa shape index (κ1) is 14.0. The van der Waals surface area contributed by atoms with Crippen LogP contribution in [0.4, 0.5) is 5.82 Å². The molecule has 0 radical (unpaired) electrons. The highest BCUT2D eigenvalue weighted by atomic mass is 14.9.